The average Bonchev–Trinajstić information content (AvgIpc) is 2.47. The summed E-state index contributed by atoms with van der Waals surface area (Å²) in [7, 11) is 0. The number of Topliss-reactive ketones (excluding diaryl/α,β-unsaturated/α-hetero) is 1. The summed E-state index contributed by atoms with van der Waals surface area (Å²) in [6.07, 6.45) is 0. The number of fused-ring (bicyclic) bond motifs is 1. The Morgan fingerprint density at radius 2 is 2.14 bits per heavy atom. The molecule has 0 amide bonds. The zero-order valence-electron chi connectivity index (χ0n) is 7.17. The van der Waals surface area contributed by atoms with Gasteiger partial charge in [0, 0.05) is 19.1 Å². The molecular formula is C9H5F2NO2. The highest BCUT2D eigenvalue weighted by atomic mass is 19.1. The quantitative estimate of drug-likeness (QED) is 0.659. The Morgan fingerprint density at radius 3 is 2.79 bits per heavy atom. The third-order valence-electron chi connectivity index (χ3n) is 1.71. The molecule has 0 unspecified atom stereocenters. The molecular weight excluding hydrogens is 192 g/mol. The van der Waals surface area contributed by atoms with E-state index in [0.717, 1.165) is 6.07 Å². The molecule has 2 rings (SSSR count). The van der Waals surface area contributed by atoms with Gasteiger partial charge in [-0.25, -0.2) is 13.8 Å². The van der Waals surface area contributed by atoms with Gasteiger partial charge in [-0.2, -0.15) is 0 Å². The van der Waals surface area contributed by atoms with Gasteiger partial charge in [0.2, 0.25) is 5.78 Å². The molecule has 5 heteroatoms. The molecule has 0 bridgehead atoms. The van der Waals surface area contributed by atoms with Crippen LogP contribution in [0.5, 0.6) is 0 Å². The van der Waals surface area contributed by atoms with Crippen LogP contribution in [-0.2, 0) is 0 Å². The maximum atomic E-state index is 13.0. The molecule has 2 aromatic rings. The van der Waals surface area contributed by atoms with Gasteiger partial charge in [0.25, 0.3) is 5.89 Å². The Balaban J connectivity index is 2.76. The molecule has 0 atom stereocenters. The summed E-state index contributed by atoms with van der Waals surface area (Å²) in [6, 6.07) is 1.69. The number of benzene rings is 1. The summed E-state index contributed by atoms with van der Waals surface area (Å²) in [4.78, 5) is 14.5. The summed E-state index contributed by atoms with van der Waals surface area (Å²) in [5, 5.41) is 0. The molecule has 0 radical (unpaired) electrons. The Kier molecular flexibility index (Phi) is 1.80. The molecule has 0 fully saturated rings. The molecule has 0 aliphatic heterocycles. The average molecular weight is 197 g/mol. The normalized spacial score (nSPS) is 10.8. The fourth-order valence-corrected chi connectivity index (χ4v) is 1.11. The smallest absolute Gasteiger partial charge is 0.264 e. The van der Waals surface area contributed by atoms with Crippen LogP contribution in [0.15, 0.2) is 16.5 Å². The van der Waals surface area contributed by atoms with Crippen LogP contribution in [0, 0.1) is 11.6 Å². The van der Waals surface area contributed by atoms with E-state index in [0.29, 0.717) is 6.07 Å². The van der Waals surface area contributed by atoms with Gasteiger partial charge in [-0.05, 0) is 0 Å². The molecule has 0 saturated carbocycles. The molecule has 0 spiro atoms. The molecule has 0 aliphatic carbocycles. The fourth-order valence-electron chi connectivity index (χ4n) is 1.11. The first-order valence-corrected chi connectivity index (χ1v) is 3.84. The van der Waals surface area contributed by atoms with E-state index in [1.54, 1.807) is 0 Å². The number of oxazole rings is 1. The molecule has 3 nitrogen and oxygen atoms in total. The van der Waals surface area contributed by atoms with Gasteiger partial charge in [0.05, 0.1) is 0 Å². The minimum absolute atomic E-state index is 0.00713. The van der Waals surface area contributed by atoms with Gasteiger partial charge in [-0.3, -0.25) is 4.79 Å². The minimum Gasteiger partial charge on any atom is -0.431 e. The lowest BCUT2D eigenvalue weighted by Crippen LogP contribution is -1.89. The highest BCUT2D eigenvalue weighted by Gasteiger charge is 2.14. The summed E-state index contributed by atoms with van der Waals surface area (Å²) in [5.74, 6) is -2.26. The van der Waals surface area contributed by atoms with Crippen LogP contribution in [0.1, 0.15) is 17.6 Å². The van der Waals surface area contributed by atoms with Crippen molar-refractivity contribution in [3.8, 4) is 0 Å². The summed E-state index contributed by atoms with van der Waals surface area (Å²) >= 11 is 0. The minimum atomic E-state index is -0.861. The number of hydrogen-bond acceptors (Lipinski definition) is 3. The largest absolute Gasteiger partial charge is 0.431 e. The lowest BCUT2D eigenvalue weighted by Gasteiger charge is -1.89. The lowest BCUT2D eigenvalue weighted by atomic mass is 10.3. The molecule has 1 aromatic carbocycles. The van der Waals surface area contributed by atoms with Crippen molar-refractivity contribution in [2.45, 2.75) is 6.92 Å². The Morgan fingerprint density at radius 1 is 1.43 bits per heavy atom. The van der Waals surface area contributed by atoms with Crippen molar-refractivity contribution < 1.29 is 18.0 Å². The molecule has 1 heterocycles. The number of aromatic nitrogens is 1. The zero-order valence-corrected chi connectivity index (χ0v) is 7.17. The number of ketones is 1. The Hall–Kier alpha value is -1.78. The van der Waals surface area contributed by atoms with Crippen LogP contribution in [-0.4, -0.2) is 10.8 Å². The number of carbonyl (C=O) groups is 1. The van der Waals surface area contributed by atoms with Crippen LogP contribution in [0.3, 0.4) is 0 Å². The van der Waals surface area contributed by atoms with Crippen molar-refractivity contribution in [2.24, 2.45) is 0 Å². The monoisotopic (exact) mass is 197 g/mol. The first-order valence-electron chi connectivity index (χ1n) is 3.84. The predicted molar refractivity (Wildman–Crippen MR) is 43.9 cm³/mol. The van der Waals surface area contributed by atoms with E-state index in [9.17, 15) is 13.6 Å². The molecule has 14 heavy (non-hydrogen) atoms. The predicted octanol–water partition coefficient (Wildman–Crippen LogP) is 2.31. The lowest BCUT2D eigenvalue weighted by molar-refractivity contribution is 0.0982. The van der Waals surface area contributed by atoms with E-state index >= 15 is 0 Å². The number of carbonyl (C=O) groups excluding carboxylic acids is 1. The van der Waals surface area contributed by atoms with Crippen molar-refractivity contribution in [3.63, 3.8) is 0 Å². The van der Waals surface area contributed by atoms with Crippen molar-refractivity contribution in [1.82, 2.24) is 4.98 Å². The van der Waals surface area contributed by atoms with E-state index in [1.807, 2.05) is 0 Å². The van der Waals surface area contributed by atoms with E-state index in [4.69, 9.17) is 4.42 Å². The van der Waals surface area contributed by atoms with Gasteiger partial charge in [0.15, 0.2) is 11.4 Å². The van der Waals surface area contributed by atoms with Crippen LogP contribution in [0.4, 0.5) is 8.78 Å². The van der Waals surface area contributed by atoms with Gasteiger partial charge in [0.1, 0.15) is 11.3 Å². The second kappa shape index (κ2) is 2.87. The van der Waals surface area contributed by atoms with Crippen LogP contribution >= 0.6 is 0 Å². The van der Waals surface area contributed by atoms with Crippen molar-refractivity contribution in [2.75, 3.05) is 0 Å². The maximum Gasteiger partial charge on any atom is 0.264 e. The summed E-state index contributed by atoms with van der Waals surface area (Å²) < 4.78 is 30.6. The highest BCUT2D eigenvalue weighted by molar-refractivity contribution is 5.92. The van der Waals surface area contributed by atoms with Crippen molar-refractivity contribution in [3.05, 3.63) is 29.7 Å². The first-order chi connectivity index (χ1) is 6.58. The maximum absolute atomic E-state index is 13.0. The number of halogens is 2. The second-order valence-electron chi connectivity index (χ2n) is 2.81. The van der Waals surface area contributed by atoms with Gasteiger partial charge in [-0.1, -0.05) is 0 Å². The standard InChI is InChI=1S/C9H5F2NO2/c1-4(13)9-12-7-3-5(10)2-6(11)8(7)14-9/h2-3H,1H3. The van der Waals surface area contributed by atoms with Crippen LogP contribution < -0.4 is 0 Å². The number of rotatable bonds is 1. The van der Waals surface area contributed by atoms with Crippen molar-refractivity contribution >= 4 is 16.9 Å². The van der Waals surface area contributed by atoms with Crippen molar-refractivity contribution in [1.29, 1.82) is 0 Å². The van der Waals surface area contributed by atoms with E-state index in [-0.39, 0.29) is 17.0 Å². The second-order valence-corrected chi connectivity index (χ2v) is 2.81. The van der Waals surface area contributed by atoms with E-state index in [2.05, 4.69) is 4.98 Å². The summed E-state index contributed by atoms with van der Waals surface area (Å²) in [5.41, 5.74) is -0.190. The Labute approximate surface area is 77.3 Å². The van der Waals surface area contributed by atoms with Gasteiger partial charge >= 0.3 is 0 Å². The van der Waals surface area contributed by atoms with Gasteiger partial charge < -0.3 is 4.42 Å². The first kappa shape index (κ1) is 8.80. The van der Waals surface area contributed by atoms with Gasteiger partial charge in [-0.15, -0.1) is 0 Å². The molecule has 0 N–H and O–H groups in total. The van der Waals surface area contributed by atoms with Crippen LogP contribution in [0.25, 0.3) is 11.1 Å². The Bertz CT molecular complexity index is 519. The van der Waals surface area contributed by atoms with E-state index < -0.39 is 17.4 Å². The third kappa shape index (κ3) is 1.26. The number of nitrogens with zero attached hydrogens (tertiary/aromatic N) is 1. The molecule has 0 aliphatic rings. The third-order valence-corrected chi connectivity index (χ3v) is 1.71. The van der Waals surface area contributed by atoms with E-state index in [1.165, 1.54) is 6.92 Å². The summed E-state index contributed by atoms with van der Waals surface area (Å²) in [6.45, 7) is 1.24. The SMILES string of the molecule is CC(=O)c1nc2cc(F)cc(F)c2o1. The highest BCUT2D eigenvalue weighted by Crippen LogP contribution is 2.20. The molecule has 1 aromatic heterocycles. The molecule has 0 saturated heterocycles. The number of hydrogen-bond donors (Lipinski definition) is 0. The topological polar surface area (TPSA) is 43.1 Å². The van der Waals surface area contributed by atoms with Crippen LogP contribution in [0.2, 0.25) is 0 Å². The fraction of sp³-hybridized carbons (Fsp3) is 0.111. The molecule has 72 valence electrons. The zero-order chi connectivity index (χ0) is 10.3.